The molecule has 2 rings (SSSR count). The van der Waals surface area contributed by atoms with Crippen LogP contribution in [0, 0.1) is 57.3 Å². The number of alkyl halides is 3. The van der Waals surface area contributed by atoms with Crippen LogP contribution < -0.4 is 10.1 Å². The summed E-state index contributed by atoms with van der Waals surface area (Å²) < 4.78 is 98.4. The van der Waals surface area contributed by atoms with Crippen molar-refractivity contribution in [1.82, 2.24) is 0 Å². The van der Waals surface area contributed by atoms with Gasteiger partial charge in [-0.15, -0.1) is 0 Å². The van der Waals surface area contributed by atoms with Gasteiger partial charge in [0.15, 0.2) is 34.5 Å². The van der Waals surface area contributed by atoms with E-state index in [1.54, 1.807) is 0 Å². The first-order valence-electron chi connectivity index (χ1n) is 7.47. The van der Waals surface area contributed by atoms with Crippen LogP contribution in [0.1, 0.15) is 5.56 Å². The van der Waals surface area contributed by atoms with E-state index in [1.807, 2.05) is 0 Å². The number of nitriles is 3. The second-order valence-corrected chi connectivity index (χ2v) is 5.32. The maximum atomic E-state index is 14.2. The van der Waals surface area contributed by atoms with Gasteiger partial charge in [-0.25, -0.2) is 13.2 Å². The predicted octanol–water partition coefficient (Wildman–Crippen LogP) is 5.29. The second kappa shape index (κ2) is 8.41. The number of allylic oxidation sites excluding steroid dienone is 2. The fourth-order valence-corrected chi connectivity index (χ4v) is 2.07. The Kier molecular flexibility index (Phi) is 6.18. The van der Waals surface area contributed by atoms with Crippen LogP contribution in [0.2, 0.25) is 0 Å². The van der Waals surface area contributed by atoms with Crippen molar-refractivity contribution in [3.63, 3.8) is 0 Å². The molecule has 0 bridgehead atoms. The van der Waals surface area contributed by atoms with Gasteiger partial charge in [0.25, 0.3) is 0 Å². The highest BCUT2D eigenvalue weighted by atomic mass is 19.4. The lowest BCUT2D eigenvalue weighted by molar-refractivity contribution is -0.138. The highest BCUT2D eigenvalue weighted by Gasteiger charge is 2.33. The minimum atomic E-state index is -5.09. The molecule has 0 unspecified atom stereocenters. The van der Waals surface area contributed by atoms with Crippen LogP contribution >= 0.6 is 0 Å². The van der Waals surface area contributed by atoms with Crippen molar-refractivity contribution in [3.05, 3.63) is 64.4 Å². The van der Waals surface area contributed by atoms with E-state index in [0.717, 1.165) is 6.07 Å². The van der Waals surface area contributed by atoms with Crippen molar-refractivity contribution >= 4 is 5.69 Å². The summed E-state index contributed by atoms with van der Waals surface area (Å²) in [7, 11) is 0. The van der Waals surface area contributed by atoms with Crippen LogP contribution in [0.15, 0.2) is 35.5 Å². The van der Waals surface area contributed by atoms with Crippen molar-refractivity contribution in [2.45, 2.75) is 6.18 Å². The van der Waals surface area contributed by atoms with E-state index in [-0.39, 0.29) is 12.1 Å². The van der Waals surface area contributed by atoms with Crippen LogP contribution in [-0.2, 0) is 6.18 Å². The molecule has 0 radical (unpaired) electrons. The molecule has 0 saturated carbocycles. The zero-order valence-electron chi connectivity index (χ0n) is 14.2. The fourth-order valence-electron chi connectivity index (χ4n) is 2.07. The average molecular weight is 426 g/mol. The predicted molar refractivity (Wildman–Crippen MR) is 85.3 cm³/mol. The fraction of sp³-hybridized carbons (Fsp3) is 0.0556. The molecule has 0 aliphatic heterocycles. The van der Waals surface area contributed by atoms with Gasteiger partial charge in [0.05, 0.1) is 11.3 Å². The van der Waals surface area contributed by atoms with Gasteiger partial charge in [-0.1, -0.05) is 0 Å². The van der Waals surface area contributed by atoms with E-state index < -0.39 is 63.5 Å². The van der Waals surface area contributed by atoms with Crippen molar-refractivity contribution in [1.29, 1.82) is 15.8 Å². The highest BCUT2D eigenvalue weighted by Crippen LogP contribution is 2.39. The van der Waals surface area contributed by atoms with Gasteiger partial charge in [-0.3, -0.25) is 0 Å². The molecular formula is C18H5F7N4O. The third-order valence-electron chi connectivity index (χ3n) is 3.42. The molecule has 5 nitrogen and oxygen atoms in total. The first kappa shape index (κ1) is 22.1. The molecule has 0 atom stereocenters. The summed E-state index contributed by atoms with van der Waals surface area (Å²) in [6.07, 6.45) is -5.09. The van der Waals surface area contributed by atoms with Gasteiger partial charge < -0.3 is 10.1 Å². The first-order chi connectivity index (χ1) is 14.0. The van der Waals surface area contributed by atoms with E-state index in [4.69, 9.17) is 15.8 Å². The van der Waals surface area contributed by atoms with Gasteiger partial charge in [-0.05, 0) is 24.3 Å². The SMILES string of the molecule is N#CC(C#N)=C(C#N)Nc1ccc(F)c(F)c1Oc1c(F)cc(C(F)(F)F)cc1F. The van der Waals surface area contributed by atoms with Crippen LogP contribution in [0.4, 0.5) is 36.4 Å². The molecule has 12 heteroatoms. The maximum Gasteiger partial charge on any atom is 0.416 e. The number of hydrogen-bond donors (Lipinski definition) is 1. The van der Waals surface area contributed by atoms with Gasteiger partial charge in [-0.2, -0.15) is 33.3 Å². The normalized spacial score (nSPS) is 10.4. The minimum absolute atomic E-state index is 0.118. The molecule has 2 aromatic carbocycles. The van der Waals surface area contributed by atoms with Gasteiger partial charge in [0, 0.05) is 0 Å². The Hall–Kier alpha value is -4.24. The summed E-state index contributed by atoms with van der Waals surface area (Å²) in [6, 6.07) is 5.15. The smallest absolute Gasteiger partial charge is 0.416 e. The Morgan fingerprint density at radius 1 is 0.833 bits per heavy atom. The van der Waals surface area contributed by atoms with E-state index >= 15 is 0 Å². The maximum absolute atomic E-state index is 14.2. The van der Waals surface area contributed by atoms with Crippen LogP contribution in [0.25, 0.3) is 0 Å². The molecule has 0 spiro atoms. The van der Waals surface area contributed by atoms with Crippen LogP contribution in [0.3, 0.4) is 0 Å². The number of ether oxygens (including phenoxy) is 1. The minimum Gasteiger partial charge on any atom is -0.446 e. The Balaban J connectivity index is 2.61. The van der Waals surface area contributed by atoms with E-state index in [9.17, 15) is 30.7 Å². The highest BCUT2D eigenvalue weighted by molar-refractivity contribution is 5.65. The number of nitrogens with one attached hydrogen (secondary N) is 1. The Labute approximate surface area is 163 Å². The Morgan fingerprint density at radius 2 is 1.40 bits per heavy atom. The second-order valence-electron chi connectivity index (χ2n) is 5.32. The van der Waals surface area contributed by atoms with E-state index in [2.05, 4.69) is 10.1 Å². The number of benzene rings is 2. The van der Waals surface area contributed by atoms with Crippen LogP contribution in [0.5, 0.6) is 11.5 Å². The molecule has 0 aromatic heterocycles. The lowest BCUT2D eigenvalue weighted by Gasteiger charge is -2.15. The van der Waals surface area contributed by atoms with E-state index in [0.29, 0.717) is 6.07 Å². The quantitative estimate of drug-likeness (QED) is 0.530. The summed E-state index contributed by atoms with van der Waals surface area (Å²) in [5, 5.41) is 28.7. The molecule has 0 heterocycles. The molecule has 30 heavy (non-hydrogen) atoms. The number of halogens is 7. The average Bonchev–Trinajstić information content (AvgIpc) is 2.68. The Morgan fingerprint density at radius 3 is 1.87 bits per heavy atom. The summed E-state index contributed by atoms with van der Waals surface area (Å²) >= 11 is 0. The molecule has 0 aliphatic rings. The number of anilines is 1. The zero-order valence-corrected chi connectivity index (χ0v) is 14.2. The Bertz CT molecular complexity index is 1130. The largest absolute Gasteiger partial charge is 0.446 e. The van der Waals surface area contributed by atoms with Crippen LogP contribution in [-0.4, -0.2) is 0 Å². The van der Waals surface area contributed by atoms with Crippen molar-refractivity contribution in [3.8, 4) is 29.7 Å². The zero-order chi connectivity index (χ0) is 22.6. The molecule has 152 valence electrons. The molecular weight excluding hydrogens is 421 g/mol. The molecule has 0 aliphatic carbocycles. The first-order valence-corrected chi connectivity index (χ1v) is 7.47. The lowest BCUT2D eigenvalue weighted by atomic mass is 10.2. The summed E-state index contributed by atoms with van der Waals surface area (Å²) in [4.78, 5) is 0. The third-order valence-corrected chi connectivity index (χ3v) is 3.42. The van der Waals surface area contributed by atoms with Gasteiger partial charge in [0.2, 0.25) is 5.82 Å². The van der Waals surface area contributed by atoms with Crippen molar-refractivity contribution in [2.24, 2.45) is 0 Å². The number of hydrogen-bond acceptors (Lipinski definition) is 5. The third kappa shape index (κ3) is 4.42. The van der Waals surface area contributed by atoms with E-state index in [1.165, 1.54) is 18.2 Å². The summed E-state index contributed by atoms with van der Waals surface area (Å²) in [5.41, 5.74) is -3.83. The molecule has 1 N–H and O–H groups in total. The molecule has 2 aromatic rings. The molecule has 0 fully saturated rings. The topological polar surface area (TPSA) is 92.6 Å². The summed E-state index contributed by atoms with van der Waals surface area (Å²) in [6.45, 7) is 0. The number of nitrogens with zero attached hydrogens (tertiary/aromatic N) is 3. The molecule has 0 amide bonds. The lowest BCUT2D eigenvalue weighted by Crippen LogP contribution is -2.08. The van der Waals surface area contributed by atoms with Crippen molar-refractivity contribution in [2.75, 3.05) is 5.32 Å². The monoisotopic (exact) mass is 426 g/mol. The van der Waals surface area contributed by atoms with Gasteiger partial charge in [0.1, 0.15) is 23.9 Å². The van der Waals surface area contributed by atoms with Gasteiger partial charge >= 0.3 is 6.18 Å². The number of rotatable bonds is 4. The molecule has 0 saturated heterocycles. The summed E-state index contributed by atoms with van der Waals surface area (Å²) in [5.74, 6) is -9.85. The van der Waals surface area contributed by atoms with Crippen molar-refractivity contribution < 1.29 is 35.5 Å². The standard InChI is InChI=1S/C18H5F7N4O/c19-10-1-2-13(29-14(7-28)8(5-26)6-27)17(15(10)22)30-16-11(20)3-9(4-12(16)21)18(23,24)25/h1-4,29H.